The van der Waals surface area contributed by atoms with Crippen molar-refractivity contribution in [2.45, 2.75) is 329 Å². The van der Waals surface area contributed by atoms with Crippen LogP contribution in [0.25, 0.3) is 0 Å². The van der Waals surface area contributed by atoms with Gasteiger partial charge in [-0.15, -0.1) is 0 Å². The van der Waals surface area contributed by atoms with Crippen LogP contribution >= 0.6 is 0 Å². The van der Waals surface area contributed by atoms with Gasteiger partial charge in [0, 0.05) is 19.3 Å². The van der Waals surface area contributed by atoms with E-state index in [1.165, 1.54) is 218 Å². The largest absolute Gasteiger partial charge is 0.462 e. The maximum Gasteiger partial charge on any atom is 0.306 e. The number of carbonyl (C=O) groups excluding carboxylic acids is 3. The molecule has 6 heteroatoms. The lowest BCUT2D eigenvalue weighted by molar-refractivity contribution is -0.167. The van der Waals surface area contributed by atoms with Crippen molar-refractivity contribution >= 4 is 17.9 Å². The van der Waals surface area contributed by atoms with E-state index in [9.17, 15) is 14.4 Å². The highest BCUT2D eigenvalue weighted by atomic mass is 16.6. The van der Waals surface area contributed by atoms with Crippen LogP contribution in [0.4, 0.5) is 0 Å². The molecule has 0 radical (unpaired) electrons. The summed E-state index contributed by atoms with van der Waals surface area (Å²) >= 11 is 0. The second kappa shape index (κ2) is 51.4. The lowest BCUT2D eigenvalue weighted by Gasteiger charge is -2.18. The second-order valence-electron chi connectivity index (χ2n) is 20.1. The smallest absolute Gasteiger partial charge is 0.306 e. The van der Waals surface area contributed by atoms with Crippen LogP contribution in [0.1, 0.15) is 323 Å². The fourth-order valence-corrected chi connectivity index (χ4v) is 8.75. The minimum atomic E-state index is -0.762. The molecule has 0 aliphatic heterocycles. The number of esters is 3. The standard InChI is InChI=1S/C57H110O6/c1-5-7-9-11-13-15-17-19-21-23-25-27-29-33-37-41-45-49-56(59)62-52-54(63-57(60)50-46-42-38-34-30-31-35-39-43-47-53(3)4)51-61-55(58)48-44-40-36-32-28-26-24-22-20-18-16-14-12-10-8-6-2/h53-54H,5-52H2,1-4H3/t54-/m1/s1. The van der Waals surface area contributed by atoms with E-state index in [0.717, 1.165) is 63.7 Å². The lowest BCUT2D eigenvalue weighted by atomic mass is 10.0. The summed E-state index contributed by atoms with van der Waals surface area (Å²) in [6.45, 7) is 9.03. The van der Waals surface area contributed by atoms with Gasteiger partial charge in [0.1, 0.15) is 13.2 Å². The van der Waals surface area contributed by atoms with Crippen LogP contribution in [0, 0.1) is 5.92 Å². The van der Waals surface area contributed by atoms with Gasteiger partial charge in [0.2, 0.25) is 0 Å². The van der Waals surface area contributed by atoms with E-state index in [-0.39, 0.29) is 31.1 Å². The molecular formula is C57H110O6. The molecule has 63 heavy (non-hydrogen) atoms. The Morgan fingerprint density at radius 3 is 0.778 bits per heavy atom. The van der Waals surface area contributed by atoms with Crippen molar-refractivity contribution in [3.8, 4) is 0 Å². The normalized spacial score (nSPS) is 12.0. The molecule has 0 N–H and O–H groups in total. The third-order valence-electron chi connectivity index (χ3n) is 13.0. The monoisotopic (exact) mass is 891 g/mol. The predicted molar refractivity (Wildman–Crippen MR) is 270 cm³/mol. The molecule has 0 saturated carbocycles. The zero-order valence-corrected chi connectivity index (χ0v) is 43.0. The van der Waals surface area contributed by atoms with Gasteiger partial charge in [-0.2, -0.15) is 0 Å². The van der Waals surface area contributed by atoms with E-state index in [1.807, 2.05) is 0 Å². The summed E-state index contributed by atoms with van der Waals surface area (Å²) in [7, 11) is 0. The van der Waals surface area contributed by atoms with E-state index in [0.29, 0.717) is 19.3 Å². The molecule has 0 aliphatic carbocycles. The molecule has 0 amide bonds. The van der Waals surface area contributed by atoms with Crippen LogP contribution in [0.2, 0.25) is 0 Å². The van der Waals surface area contributed by atoms with Crippen molar-refractivity contribution in [1.29, 1.82) is 0 Å². The molecule has 0 heterocycles. The molecule has 0 spiro atoms. The van der Waals surface area contributed by atoms with Crippen LogP contribution < -0.4 is 0 Å². The summed E-state index contributed by atoms with van der Waals surface area (Å²) in [5, 5.41) is 0. The van der Waals surface area contributed by atoms with Gasteiger partial charge in [-0.05, 0) is 25.2 Å². The number of rotatable bonds is 52. The molecule has 0 aromatic heterocycles. The zero-order valence-electron chi connectivity index (χ0n) is 43.0. The zero-order chi connectivity index (χ0) is 45.9. The SMILES string of the molecule is CCCCCCCCCCCCCCCCCCCC(=O)OC[C@@H](COC(=O)CCCCCCCCCCCCCCCCCC)OC(=O)CCCCCCCCCCCC(C)C. The number of unbranched alkanes of at least 4 members (excludes halogenated alkanes) is 39. The first-order chi connectivity index (χ1) is 30.9. The van der Waals surface area contributed by atoms with Gasteiger partial charge < -0.3 is 14.2 Å². The molecule has 0 aromatic rings. The Bertz CT molecular complexity index is 949. The van der Waals surface area contributed by atoms with Gasteiger partial charge in [-0.1, -0.05) is 285 Å². The van der Waals surface area contributed by atoms with E-state index in [2.05, 4.69) is 27.7 Å². The van der Waals surface area contributed by atoms with E-state index in [4.69, 9.17) is 14.2 Å². The van der Waals surface area contributed by atoms with Gasteiger partial charge in [-0.3, -0.25) is 14.4 Å². The molecule has 374 valence electrons. The van der Waals surface area contributed by atoms with Crippen molar-refractivity contribution in [3.63, 3.8) is 0 Å². The molecule has 0 bridgehead atoms. The minimum Gasteiger partial charge on any atom is -0.462 e. The molecule has 0 saturated heterocycles. The Balaban J connectivity index is 4.27. The summed E-state index contributed by atoms with van der Waals surface area (Å²) in [5.41, 5.74) is 0. The molecule has 0 aromatic carbocycles. The summed E-state index contributed by atoms with van der Waals surface area (Å²) < 4.78 is 16.9. The van der Waals surface area contributed by atoms with Gasteiger partial charge in [0.15, 0.2) is 6.10 Å². The fraction of sp³-hybridized carbons (Fsp3) is 0.947. The van der Waals surface area contributed by atoms with Gasteiger partial charge in [0.25, 0.3) is 0 Å². The average molecular weight is 892 g/mol. The van der Waals surface area contributed by atoms with E-state index < -0.39 is 6.10 Å². The number of hydrogen-bond donors (Lipinski definition) is 0. The third-order valence-corrected chi connectivity index (χ3v) is 13.0. The van der Waals surface area contributed by atoms with Crippen molar-refractivity contribution in [3.05, 3.63) is 0 Å². The van der Waals surface area contributed by atoms with Gasteiger partial charge in [0.05, 0.1) is 0 Å². The predicted octanol–water partition coefficient (Wildman–Crippen LogP) is 18.6. The average Bonchev–Trinajstić information content (AvgIpc) is 3.27. The van der Waals surface area contributed by atoms with E-state index >= 15 is 0 Å². The number of carbonyl (C=O) groups is 3. The molecule has 6 nitrogen and oxygen atoms in total. The number of hydrogen-bond acceptors (Lipinski definition) is 6. The molecule has 0 aliphatic rings. The first-order valence-electron chi connectivity index (χ1n) is 28.4. The van der Waals surface area contributed by atoms with Gasteiger partial charge >= 0.3 is 17.9 Å². The summed E-state index contributed by atoms with van der Waals surface area (Å²) in [5.74, 6) is -0.0328. The maximum absolute atomic E-state index is 12.8. The Morgan fingerprint density at radius 1 is 0.302 bits per heavy atom. The van der Waals surface area contributed by atoms with Crippen molar-refractivity contribution < 1.29 is 28.6 Å². The Hall–Kier alpha value is -1.59. The fourth-order valence-electron chi connectivity index (χ4n) is 8.75. The number of ether oxygens (including phenoxy) is 3. The molecule has 0 unspecified atom stereocenters. The van der Waals surface area contributed by atoms with Crippen LogP contribution in [-0.4, -0.2) is 37.2 Å². The van der Waals surface area contributed by atoms with Crippen molar-refractivity contribution in [2.75, 3.05) is 13.2 Å². The van der Waals surface area contributed by atoms with Crippen molar-refractivity contribution in [2.24, 2.45) is 5.92 Å². The third kappa shape index (κ3) is 51.3. The highest BCUT2D eigenvalue weighted by Gasteiger charge is 2.19. The first-order valence-corrected chi connectivity index (χ1v) is 28.4. The van der Waals surface area contributed by atoms with Crippen molar-refractivity contribution in [1.82, 2.24) is 0 Å². The molecule has 1 atom stereocenters. The van der Waals surface area contributed by atoms with Gasteiger partial charge in [-0.25, -0.2) is 0 Å². The summed E-state index contributed by atoms with van der Waals surface area (Å²) in [6.07, 6.45) is 55.2. The molecular weight excluding hydrogens is 781 g/mol. The maximum atomic E-state index is 12.8. The highest BCUT2D eigenvalue weighted by Crippen LogP contribution is 2.18. The quantitative estimate of drug-likeness (QED) is 0.0344. The summed E-state index contributed by atoms with van der Waals surface area (Å²) in [4.78, 5) is 38.1. The first kappa shape index (κ1) is 61.4. The van der Waals surface area contributed by atoms with Crippen LogP contribution in [-0.2, 0) is 28.6 Å². The Labute approximate surface area is 393 Å². The van der Waals surface area contributed by atoms with E-state index in [1.54, 1.807) is 0 Å². The second-order valence-corrected chi connectivity index (χ2v) is 20.1. The minimum absolute atomic E-state index is 0.0625. The molecule has 0 fully saturated rings. The highest BCUT2D eigenvalue weighted by molar-refractivity contribution is 5.71. The Kier molecular flexibility index (Phi) is 50.1. The van der Waals surface area contributed by atoms with Crippen LogP contribution in [0.5, 0.6) is 0 Å². The lowest BCUT2D eigenvalue weighted by Crippen LogP contribution is -2.30. The topological polar surface area (TPSA) is 78.9 Å². The Morgan fingerprint density at radius 2 is 0.524 bits per heavy atom. The summed E-state index contributed by atoms with van der Waals surface area (Å²) in [6, 6.07) is 0. The van der Waals surface area contributed by atoms with Crippen LogP contribution in [0.15, 0.2) is 0 Å². The van der Waals surface area contributed by atoms with Crippen LogP contribution in [0.3, 0.4) is 0 Å². The molecule has 0 rings (SSSR count).